The molecule has 0 aromatic carbocycles. The zero-order chi connectivity index (χ0) is 9.14. The second-order valence-corrected chi connectivity index (χ2v) is 2.93. The summed E-state index contributed by atoms with van der Waals surface area (Å²) in [6, 6.07) is -0.134. The van der Waals surface area contributed by atoms with E-state index in [-0.39, 0.29) is 24.0 Å². The molecule has 2 atom stereocenters. The molecule has 0 aromatic heterocycles. The Hall–Kier alpha value is -1.06. The summed E-state index contributed by atoms with van der Waals surface area (Å²) in [4.78, 5) is 21.7. The van der Waals surface area contributed by atoms with E-state index in [2.05, 4.69) is 5.32 Å². The molecule has 1 amide bonds. The fourth-order valence-electron chi connectivity index (χ4n) is 1.16. The lowest BCUT2D eigenvalue weighted by molar-refractivity contribution is -0.141. The molecule has 0 spiro atoms. The van der Waals surface area contributed by atoms with Gasteiger partial charge in [0.1, 0.15) is 6.10 Å². The molecular formula is C8H13NO3. The predicted octanol–water partition coefficient (Wildman–Crippen LogP) is 0.217. The molecule has 1 heterocycles. The van der Waals surface area contributed by atoms with Crippen LogP contribution in [0, 0.1) is 0 Å². The molecule has 2 unspecified atom stereocenters. The molecule has 12 heavy (non-hydrogen) atoms. The third-order valence-electron chi connectivity index (χ3n) is 1.94. The smallest absolute Gasteiger partial charge is 0.308 e. The van der Waals surface area contributed by atoms with Crippen LogP contribution in [0.4, 0.5) is 0 Å². The Bertz CT molecular complexity index is 202. The number of carbonyl (C=O) groups excluding carboxylic acids is 2. The molecule has 1 N–H and O–H groups in total. The summed E-state index contributed by atoms with van der Waals surface area (Å²) < 4.78 is 4.87. The molecular weight excluding hydrogens is 158 g/mol. The van der Waals surface area contributed by atoms with E-state index in [1.54, 1.807) is 13.8 Å². The van der Waals surface area contributed by atoms with Gasteiger partial charge in [-0.1, -0.05) is 6.92 Å². The molecule has 0 bridgehead atoms. The van der Waals surface area contributed by atoms with Gasteiger partial charge in [0.05, 0.1) is 12.5 Å². The van der Waals surface area contributed by atoms with Crippen molar-refractivity contribution in [1.29, 1.82) is 0 Å². The van der Waals surface area contributed by atoms with E-state index in [1.807, 2.05) is 0 Å². The highest BCUT2D eigenvalue weighted by atomic mass is 16.6. The van der Waals surface area contributed by atoms with Crippen LogP contribution in [0.2, 0.25) is 0 Å². The second kappa shape index (κ2) is 3.56. The number of nitrogens with one attached hydrogen (secondary N) is 1. The van der Waals surface area contributed by atoms with Gasteiger partial charge in [0.2, 0.25) is 5.91 Å². The van der Waals surface area contributed by atoms with Crippen molar-refractivity contribution in [3.05, 3.63) is 0 Å². The van der Waals surface area contributed by atoms with Crippen LogP contribution in [0.1, 0.15) is 26.7 Å². The summed E-state index contributed by atoms with van der Waals surface area (Å²) in [5.74, 6) is -0.269. The maximum Gasteiger partial charge on any atom is 0.308 e. The topological polar surface area (TPSA) is 55.4 Å². The fraction of sp³-hybridized carbons (Fsp3) is 0.750. The van der Waals surface area contributed by atoms with Crippen molar-refractivity contribution in [2.75, 3.05) is 0 Å². The molecule has 4 nitrogen and oxygen atoms in total. The Morgan fingerprint density at radius 1 is 1.75 bits per heavy atom. The monoisotopic (exact) mass is 171 g/mol. The Balaban J connectivity index is 2.42. The third kappa shape index (κ3) is 1.96. The van der Waals surface area contributed by atoms with Crippen LogP contribution in [-0.2, 0) is 14.3 Å². The van der Waals surface area contributed by atoms with Gasteiger partial charge in [0.15, 0.2) is 0 Å². The van der Waals surface area contributed by atoms with Gasteiger partial charge in [-0.2, -0.15) is 0 Å². The summed E-state index contributed by atoms with van der Waals surface area (Å²) in [5.41, 5.74) is 0. The van der Waals surface area contributed by atoms with E-state index < -0.39 is 0 Å². The minimum absolute atomic E-state index is 0.0369. The first kappa shape index (κ1) is 9.03. The number of ether oxygens (including phenoxy) is 1. The van der Waals surface area contributed by atoms with Gasteiger partial charge in [-0.25, -0.2) is 0 Å². The number of carbonyl (C=O) groups is 2. The Morgan fingerprint density at radius 2 is 2.42 bits per heavy atom. The van der Waals surface area contributed by atoms with Crippen molar-refractivity contribution < 1.29 is 14.3 Å². The summed E-state index contributed by atoms with van der Waals surface area (Å²) in [6.07, 6.45) is 0.553. The first-order valence-electron chi connectivity index (χ1n) is 4.12. The average Bonchev–Trinajstić information content (AvgIpc) is 2.30. The van der Waals surface area contributed by atoms with E-state index >= 15 is 0 Å². The molecule has 1 saturated heterocycles. The third-order valence-corrected chi connectivity index (χ3v) is 1.94. The van der Waals surface area contributed by atoms with Crippen LogP contribution in [-0.4, -0.2) is 24.0 Å². The molecule has 1 rings (SSSR count). The average molecular weight is 171 g/mol. The molecule has 1 aliphatic heterocycles. The number of amides is 1. The maximum atomic E-state index is 10.9. The van der Waals surface area contributed by atoms with Crippen LogP contribution in [0.5, 0.6) is 0 Å². The first-order valence-corrected chi connectivity index (χ1v) is 4.12. The first-order chi connectivity index (χ1) is 5.63. The van der Waals surface area contributed by atoms with Gasteiger partial charge in [-0.3, -0.25) is 9.59 Å². The van der Waals surface area contributed by atoms with Crippen molar-refractivity contribution in [2.45, 2.75) is 38.8 Å². The van der Waals surface area contributed by atoms with E-state index in [0.717, 1.165) is 0 Å². The lowest BCUT2D eigenvalue weighted by atomic mass is 10.1. The van der Waals surface area contributed by atoms with E-state index in [0.29, 0.717) is 12.8 Å². The van der Waals surface area contributed by atoms with Crippen molar-refractivity contribution >= 4 is 11.9 Å². The lowest BCUT2D eigenvalue weighted by Crippen LogP contribution is -2.38. The predicted molar refractivity (Wildman–Crippen MR) is 42.4 cm³/mol. The van der Waals surface area contributed by atoms with E-state index in [4.69, 9.17) is 4.74 Å². The van der Waals surface area contributed by atoms with Gasteiger partial charge in [0, 0.05) is 6.42 Å². The Labute approximate surface area is 71.3 Å². The lowest BCUT2D eigenvalue weighted by Gasteiger charge is -2.13. The van der Waals surface area contributed by atoms with E-state index in [9.17, 15) is 9.59 Å². The van der Waals surface area contributed by atoms with Crippen LogP contribution in [0.15, 0.2) is 0 Å². The number of hydrogen-bond donors (Lipinski definition) is 1. The zero-order valence-corrected chi connectivity index (χ0v) is 7.29. The minimum Gasteiger partial charge on any atom is -0.460 e. The summed E-state index contributed by atoms with van der Waals surface area (Å²) in [5, 5.41) is 2.72. The quantitative estimate of drug-likeness (QED) is 0.604. The van der Waals surface area contributed by atoms with Crippen LogP contribution >= 0.6 is 0 Å². The molecule has 4 heteroatoms. The summed E-state index contributed by atoms with van der Waals surface area (Å²) in [6.45, 7) is 3.56. The van der Waals surface area contributed by atoms with Crippen LogP contribution in [0.25, 0.3) is 0 Å². The molecule has 0 radical (unpaired) electrons. The van der Waals surface area contributed by atoms with Gasteiger partial charge in [0.25, 0.3) is 0 Å². The number of cyclic esters (lactones) is 1. The van der Waals surface area contributed by atoms with Crippen LogP contribution < -0.4 is 5.32 Å². The number of esters is 1. The van der Waals surface area contributed by atoms with Gasteiger partial charge < -0.3 is 10.1 Å². The van der Waals surface area contributed by atoms with E-state index in [1.165, 1.54) is 0 Å². The van der Waals surface area contributed by atoms with Gasteiger partial charge in [-0.15, -0.1) is 0 Å². The Kier molecular flexibility index (Phi) is 2.68. The van der Waals surface area contributed by atoms with Gasteiger partial charge in [-0.05, 0) is 6.92 Å². The molecule has 1 fully saturated rings. The summed E-state index contributed by atoms with van der Waals surface area (Å²) in [7, 11) is 0. The zero-order valence-electron chi connectivity index (χ0n) is 7.29. The SMILES string of the molecule is CCC(=O)NC1CC(=O)OC1C. The van der Waals surface area contributed by atoms with Crippen molar-refractivity contribution in [3.8, 4) is 0 Å². The van der Waals surface area contributed by atoms with Crippen molar-refractivity contribution in [1.82, 2.24) is 5.32 Å². The highest BCUT2D eigenvalue weighted by molar-refractivity contribution is 5.78. The largest absolute Gasteiger partial charge is 0.460 e. The Morgan fingerprint density at radius 3 is 2.83 bits per heavy atom. The number of rotatable bonds is 2. The van der Waals surface area contributed by atoms with Crippen molar-refractivity contribution in [2.24, 2.45) is 0 Å². The second-order valence-electron chi connectivity index (χ2n) is 2.93. The standard InChI is InChI=1S/C8H13NO3/c1-3-7(10)9-6-4-8(11)12-5(6)2/h5-6H,3-4H2,1-2H3,(H,9,10). The summed E-state index contributed by atoms with van der Waals surface area (Å²) >= 11 is 0. The molecule has 0 aliphatic carbocycles. The maximum absolute atomic E-state index is 10.9. The highest BCUT2D eigenvalue weighted by Gasteiger charge is 2.31. The fourth-order valence-corrected chi connectivity index (χ4v) is 1.16. The highest BCUT2D eigenvalue weighted by Crippen LogP contribution is 2.13. The molecule has 0 aromatic rings. The van der Waals surface area contributed by atoms with Crippen molar-refractivity contribution in [3.63, 3.8) is 0 Å². The normalized spacial score (nSPS) is 28.3. The van der Waals surface area contributed by atoms with Crippen LogP contribution in [0.3, 0.4) is 0 Å². The number of hydrogen-bond acceptors (Lipinski definition) is 3. The molecule has 0 saturated carbocycles. The minimum atomic E-state index is -0.232. The molecule has 68 valence electrons. The molecule has 1 aliphatic rings. The van der Waals surface area contributed by atoms with Gasteiger partial charge >= 0.3 is 5.97 Å².